The number of para-hydroxylation sites is 1. The Bertz CT molecular complexity index is 1460. The molecule has 0 amide bonds. The number of aryl methyl sites for hydroxylation is 1. The van der Waals surface area contributed by atoms with Crippen LogP contribution in [0.1, 0.15) is 35.6 Å². The lowest BCUT2D eigenvalue weighted by Crippen LogP contribution is -2.39. The van der Waals surface area contributed by atoms with Gasteiger partial charge in [-0.25, -0.2) is 14.3 Å². The minimum Gasteiger partial charge on any atom is -0.320 e. The van der Waals surface area contributed by atoms with Crippen LogP contribution in [0.25, 0.3) is 16.9 Å². The fourth-order valence-electron chi connectivity index (χ4n) is 4.00. The lowest BCUT2D eigenvalue weighted by molar-refractivity contribution is -0.137. The van der Waals surface area contributed by atoms with E-state index in [2.05, 4.69) is 4.98 Å². The number of alkyl halides is 3. The molecule has 2 aromatic carbocycles. The molecule has 0 spiro atoms. The van der Waals surface area contributed by atoms with Gasteiger partial charge < -0.3 is 4.57 Å². The maximum atomic E-state index is 13.3. The van der Waals surface area contributed by atoms with Gasteiger partial charge in [0.15, 0.2) is 11.2 Å². The summed E-state index contributed by atoms with van der Waals surface area (Å²) < 4.78 is 43.6. The zero-order chi connectivity index (χ0) is 22.6. The molecule has 0 bridgehead atoms. The van der Waals surface area contributed by atoms with Crippen LogP contribution in [0.15, 0.2) is 64.4 Å². The van der Waals surface area contributed by atoms with Crippen LogP contribution < -0.4 is 11.2 Å². The molecule has 6 nitrogen and oxygen atoms in total. The third-order valence-corrected chi connectivity index (χ3v) is 5.72. The number of nitrogens with zero attached hydrogens (tertiary/aromatic N) is 4. The lowest BCUT2D eigenvalue weighted by atomic mass is 10.1. The van der Waals surface area contributed by atoms with Crippen molar-refractivity contribution in [3.63, 3.8) is 0 Å². The van der Waals surface area contributed by atoms with E-state index in [4.69, 9.17) is 0 Å². The summed E-state index contributed by atoms with van der Waals surface area (Å²) in [5, 5.41) is 0. The summed E-state index contributed by atoms with van der Waals surface area (Å²) in [5.74, 6) is 0. The molecule has 0 aliphatic heterocycles. The normalized spacial score (nSPS) is 14.2. The SMILES string of the molecule is Cc1ccccc1-n1c(=O)n(C2CC2)c(=O)c2c1ncn2Cc1cccc(C(F)(F)F)c1. The van der Waals surface area contributed by atoms with Crippen molar-refractivity contribution in [1.29, 1.82) is 0 Å². The molecule has 9 heteroatoms. The van der Waals surface area contributed by atoms with Crippen molar-refractivity contribution in [2.45, 2.75) is 38.5 Å². The van der Waals surface area contributed by atoms with Gasteiger partial charge >= 0.3 is 11.9 Å². The number of hydrogen-bond acceptors (Lipinski definition) is 3. The molecule has 2 aromatic heterocycles. The fraction of sp³-hybridized carbons (Fsp3) is 0.261. The number of aromatic nitrogens is 4. The molecule has 0 unspecified atom stereocenters. The van der Waals surface area contributed by atoms with Gasteiger partial charge in [0, 0.05) is 12.6 Å². The van der Waals surface area contributed by atoms with Crippen LogP contribution in [0.5, 0.6) is 0 Å². The number of imidazole rings is 1. The average Bonchev–Trinajstić information content (AvgIpc) is 3.49. The first-order valence-corrected chi connectivity index (χ1v) is 10.2. The minimum atomic E-state index is -4.46. The maximum absolute atomic E-state index is 13.3. The number of halogens is 3. The average molecular weight is 440 g/mol. The Kier molecular flexibility index (Phi) is 4.58. The van der Waals surface area contributed by atoms with E-state index in [1.165, 1.54) is 26.1 Å². The van der Waals surface area contributed by atoms with E-state index in [1.807, 2.05) is 19.1 Å². The van der Waals surface area contributed by atoms with Gasteiger partial charge in [0.1, 0.15) is 0 Å². The Morgan fingerprint density at radius 1 is 1.06 bits per heavy atom. The van der Waals surface area contributed by atoms with Crippen molar-refractivity contribution >= 4 is 11.2 Å². The van der Waals surface area contributed by atoms with Crippen LogP contribution in [0.3, 0.4) is 0 Å². The van der Waals surface area contributed by atoms with Gasteiger partial charge in [-0.3, -0.25) is 9.36 Å². The summed E-state index contributed by atoms with van der Waals surface area (Å²) in [5.41, 5.74) is 0.531. The van der Waals surface area contributed by atoms with Crippen LogP contribution in [-0.2, 0) is 12.7 Å². The van der Waals surface area contributed by atoms with Gasteiger partial charge in [-0.05, 0) is 49.1 Å². The second-order valence-electron chi connectivity index (χ2n) is 8.05. The van der Waals surface area contributed by atoms with E-state index in [-0.39, 0.29) is 23.8 Å². The van der Waals surface area contributed by atoms with E-state index >= 15 is 0 Å². The van der Waals surface area contributed by atoms with Gasteiger partial charge in [0.2, 0.25) is 0 Å². The molecule has 2 heterocycles. The first-order chi connectivity index (χ1) is 15.3. The van der Waals surface area contributed by atoms with E-state index < -0.39 is 23.0 Å². The largest absolute Gasteiger partial charge is 0.416 e. The highest BCUT2D eigenvalue weighted by atomic mass is 19.4. The molecule has 5 rings (SSSR count). The number of rotatable bonds is 4. The van der Waals surface area contributed by atoms with Crippen LogP contribution in [0, 0.1) is 6.92 Å². The van der Waals surface area contributed by atoms with Crippen molar-refractivity contribution in [3.05, 3.63) is 92.4 Å². The molecule has 0 radical (unpaired) electrons. The van der Waals surface area contributed by atoms with Gasteiger partial charge in [-0.2, -0.15) is 13.2 Å². The minimum absolute atomic E-state index is 0.0201. The predicted octanol–water partition coefficient (Wildman–Crippen LogP) is 4.06. The van der Waals surface area contributed by atoms with E-state index in [1.54, 1.807) is 18.2 Å². The molecule has 0 atom stereocenters. The highest BCUT2D eigenvalue weighted by Gasteiger charge is 2.32. The Balaban J connectivity index is 1.73. The zero-order valence-electron chi connectivity index (χ0n) is 17.1. The molecular weight excluding hydrogens is 421 g/mol. The van der Waals surface area contributed by atoms with Crippen molar-refractivity contribution < 1.29 is 13.2 Å². The van der Waals surface area contributed by atoms with Crippen LogP contribution in [-0.4, -0.2) is 18.7 Å². The standard InChI is InChI=1S/C23H19F3N4O2/c1-14-5-2-3-8-18(14)30-20-19(21(31)29(22(30)32)17-9-10-17)28(13-27-20)12-15-6-4-7-16(11-15)23(24,25)26/h2-8,11,13,17H,9-10,12H2,1H3. The molecule has 1 saturated carbocycles. The molecule has 4 aromatic rings. The molecule has 0 saturated heterocycles. The highest BCUT2D eigenvalue weighted by Crippen LogP contribution is 2.33. The van der Waals surface area contributed by atoms with Gasteiger partial charge in [0.05, 0.1) is 17.6 Å². The summed E-state index contributed by atoms with van der Waals surface area (Å²) in [4.78, 5) is 31.0. The smallest absolute Gasteiger partial charge is 0.320 e. The number of hydrogen-bond donors (Lipinski definition) is 0. The topological polar surface area (TPSA) is 61.8 Å². The molecule has 32 heavy (non-hydrogen) atoms. The number of benzene rings is 2. The first-order valence-electron chi connectivity index (χ1n) is 10.2. The molecule has 1 aliphatic rings. The highest BCUT2D eigenvalue weighted by molar-refractivity contribution is 5.73. The number of fused-ring (bicyclic) bond motifs is 1. The van der Waals surface area contributed by atoms with Gasteiger partial charge in [-0.1, -0.05) is 30.3 Å². The molecule has 164 valence electrons. The third kappa shape index (κ3) is 3.34. The van der Waals surface area contributed by atoms with Crippen molar-refractivity contribution in [3.8, 4) is 5.69 Å². The molecular formula is C23H19F3N4O2. The summed E-state index contributed by atoms with van der Waals surface area (Å²) in [6, 6.07) is 12.1. The second kappa shape index (κ2) is 7.22. The van der Waals surface area contributed by atoms with Crippen molar-refractivity contribution in [1.82, 2.24) is 18.7 Å². The summed E-state index contributed by atoms with van der Waals surface area (Å²) in [6.07, 6.45) is -1.60. The van der Waals surface area contributed by atoms with Crippen molar-refractivity contribution in [2.75, 3.05) is 0 Å². The Morgan fingerprint density at radius 3 is 2.50 bits per heavy atom. The Morgan fingerprint density at radius 2 is 1.81 bits per heavy atom. The van der Waals surface area contributed by atoms with E-state index in [9.17, 15) is 22.8 Å². The maximum Gasteiger partial charge on any atom is 0.416 e. The lowest BCUT2D eigenvalue weighted by Gasteiger charge is -2.14. The van der Waals surface area contributed by atoms with Crippen LogP contribution in [0.4, 0.5) is 13.2 Å². The second-order valence-corrected chi connectivity index (χ2v) is 8.05. The van der Waals surface area contributed by atoms with Crippen LogP contribution >= 0.6 is 0 Å². The van der Waals surface area contributed by atoms with E-state index in [0.717, 1.165) is 30.5 Å². The molecule has 1 aliphatic carbocycles. The summed E-state index contributed by atoms with van der Waals surface area (Å²) >= 11 is 0. The predicted molar refractivity (Wildman–Crippen MR) is 113 cm³/mol. The van der Waals surface area contributed by atoms with Crippen molar-refractivity contribution in [2.24, 2.45) is 0 Å². The first kappa shape index (κ1) is 20.3. The summed E-state index contributed by atoms with van der Waals surface area (Å²) in [6.45, 7) is 1.88. The molecule has 1 fully saturated rings. The van der Waals surface area contributed by atoms with Crippen LogP contribution in [0.2, 0.25) is 0 Å². The van der Waals surface area contributed by atoms with Gasteiger partial charge in [-0.15, -0.1) is 0 Å². The zero-order valence-corrected chi connectivity index (χ0v) is 17.1. The third-order valence-electron chi connectivity index (χ3n) is 5.72. The van der Waals surface area contributed by atoms with Gasteiger partial charge in [0.25, 0.3) is 5.56 Å². The summed E-state index contributed by atoms with van der Waals surface area (Å²) in [7, 11) is 0. The Labute approximate surface area is 180 Å². The van der Waals surface area contributed by atoms with E-state index in [0.29, 0.717) is 11.3 Å². The molecule has 0 N–H and O–H groups in total. The Hall–Kier alpha value is -3.62. The monoisotopic (exact) mass is 440 g/mol. The quantitative estimate of drug-likeness (QED) is 0.481. The fourth-order valence-corrected chi connectivity index (χ4v) is 4.00.